The highest BCUT2D eigenvalue weighted by Crippen LogP contribution is 2.28. The van der Waals surface area contributed by atoms with Crippen molar-refractivity contribution in [3.63, 3.8) is 0 Å². The lowest BCUT2D eigenvalue weighted by Gasteiger charge is -2.39. The number of nitrogen functional groups attached to an aromatic ring is 2. The second kappa shape index (κ2) is 7.98. The quantitative estimate of drug-likeness (QED) is 0.535. The van der Waals surface area contributed by atoms with E-state index < -0.39 is 5.60 Å². The second-order valence-electron chi connectivity index (χ2n) is 7.03. The highest BCUT2D eigenvalue weighted by molar-refractivity contribution is 6.09. The maximum Gasteiger partial charge on any atom is 0.193 e. The maximum absolute atomic E-state index is 12.6. The molecule has 0 bridgehead atoms. The van der Waals surface area contributed by atoms with Crippen LogP contribution in [0.3, 0.4) is 0 Å². The van der Waals surface area contributed by atoms with Crippen molar-refractivity contribution in [2.45, 2.75) is 32.0 Å². The Kier molecular flexibility index (Phi) is 5.68. The van der Waals surface area contributed by atoms with Crippen LogP contribution in [0, 0.1) is 0 Å². The molecule has 1 aliphatic rings. The zero-order chi connectivity index (χ0) is 19.4. The molecule has 1 aliphatic heterocycles. The van der Waals surface area contributed by atoms with Crippen LogP contribution in [-0.2, 0) is 4.74 Å². The highest BCUT2D eigenvalue weighted by Gasteiger charge is 2.37. The van der Waals surface area contributed by atoms with Crippen LogP contribution in [0.25, 0.3) is 0 Å². The van der Waals surface area contributed by atoms with Crippen molar-refractivity contribution in [3.05, 3.63) is 53.6 Å². The molecule has 6 nitrogen and oxygen atoms in total. The number of ketones is 1. The molecule has 3 rings (SSSR count). The second-order valence-corrected chi connectivity index (χ2v) is 7.03. The Bertz CT molecular complexity index is 801. The number of ether oxygens (including phenoxy) is 2. The number of nitrogens with two attached hydrogens (primary N) is 2. The Morgan fingerprint density at radius 2 is 1.89 bits per heavy atom. The molecule has 2 atom stereocenters. The number of anilines is 2. The van der Waals surface area contributed by atoms with E-state index in [0.717, 1.165) is 19.5 Å². The molecule has 0 amide bonds. The van der Waals surface area contributed by atoms with Gasteiger partial charge in [-0.25, -0.2) is 0 Å². The van der Waals surface area contributed by atoms with Gasteiger partial charge in [-0.05, 0) is 55.8 Å². The predicted octanol–water partition coefficient (Wildman–Crippen LogP) is 2.62. The van der Waals surface area contributed by atoms with E-state index in [2.05, 4.69) is 19.2 Å². The molecule has 0 aliphatic carbocycles. The molecule has 6 heteroatoms. The van der Waals surface area contributed by atoms with E-state index >= 15 is 0 Å². The fraction of sp³-hybridized carbons (Fsp3) is 0.381. The Hall–Kier alpha value is -2.57. The fourth-order valence-electron chi connectivity index (χ4n) is 3.15. The first-order valence-electron chi connectivity index (χ1n) is 9.24. The topological polar surface area (TPSA) is 99.6 Å². The minimum Gasteiger partial charge on any atom is -0.485 e. The van der Waals surface area contributed by atoms with Gasteiger partial charge in [0.05, 0.1) is 18.0 Å². The Morgan fingerprint density at radius 3 is 2.48 bits per heavy atom. The summed E-state index contributed by atoms with van der Waals surface area (Å²) in [7, 11) is 0. The Balaban J connectivity index is 1.74. The number of benzene rings is 2. The monoisotopic (exact) mass is 369 g/mol. The lowest BCUT2D eigenvalue weighted by atomic mass is 9.94. The van der Waals surface area contributed by atoms with Crippen molar-refractivity contribution < 1.29 is 14.3 Å². The fourth-order valence-corrected chi connectivity index (χ4v) is 3.15. The smallest absolute Gasteiger partial charge is 0.193 e. The zero-order valence-corrected chi connectivity index (χ0v) is 15.8. The first-order valence-corrected chi connectivity index (χ1v) is 9.24. The molecule has 0 radical (unpaired) electrons. The van der Waals surface area contributed by atoms with Crippen LogP contribution in [0.2, 0.25) is 0 Å². The van der Waals surface area contributed by atoms with Gasteiger partial charge in [0.2, 0.25) is 0 Å². The lowest BCUT2D eigenvalue weighted by molar-refractivity contribution is -0.0963. The molecule has 27 heavy (non-hydrogen) atoms. The minimum absolute atomic E-state index is 0.0182. The summed E-state index contributed by atoms with van der Waals surface area (Å²) in [5.41, 5.74) is 13.0. The summed E-state index contributed by atoms with van der Waals surface area (Å²) in [6.07, 6.45) is 0.792. The van der Waals surface area contributed by atoms with Crippen LogP contribution in [0.4, 0.5) is 11.4 Å². The third-order valence-corrected chi connectivity index (χ3v) is 5.13. The summed E-state index contributed by atoms with van der Waals surface area (Å²) in [6.45, 7) is 6.45. The van der Waals surface area contributed by atoms with Crippen molar-refractivity contribution in [1.29, 1.82) is 0 Å². The van der Waals surface area contributed by atoms with Crippen LogP contribution in [0.1, 0.15) is 36.2 Å². The number of morpholine rings is 1. The summed E-state index contributed by atoms with van der Waals surface area (Å²) in [6, 6.07) is 12.1. The molecule has 2 unspecified atom stereocenters. The number of hydrogen-bond donors (Lipinski definition) is 3. The number of carbonyl (C=O) groups is 1. The first kappa shape index (κ1) is 19.2. The molecule has 2 aromatic carbocycles. The molecule has 0 spiro atoms. The van der Waals surface area contributed by atoms with Gasteiger partial charge < -0.3 is 26.3 Å². The van der Waals surface area contributed by atoms with Crippen molar-refractivity contribution in [1.82, 2.24) is 5.32 Å². The van der Waals surface area contributed by atoms with Gasteiger partial charge in [-0.15, -0.1) is 0 Å². The van der Waals surface area contributed by atoms with Crippen molar-refractivity contribution in [3.8, 4) is 5.75 Å². The van der Waals surface area contributed by atoms with E-state index in [4.69, 9.17) is 20.9 Å². The van der Waals surface area contributed by atoms with Gasteiger partial charge in [-0.2, -0.15) is 0 Å². The molecular formula is C21H27N3O3. The van der Waals surface area contributed by atoms with Gasteiger partial charge in [0, 0.05) is 24.2 Å². The van der Waals surface area contributed by atoms with Crippen LogP contribution in [-0.4, -0.2) is 37.2 Å². The number of carbonyl (C=O) groups excluding carboxylic acids is 1. The molecule has 1 heterocycles. The van der Waals surface area contributed by atoms with Gasteiger partial charge in [0.1, 0.15) is 17.5 Å². The van der Waals surface area contributed by atoms with Crippen molar-refractivity contribution in [2.75, 3.05) is 31.2 Å². The minimum atomic E-state index is -0.440. The highest BCUT2D eigenvalue weighted by atomic mass is 16.6. The molecule has 0 saturated carbocycles. The molecule has 144 valence electrons. The molecule has 5 N–H and O–H groups in total. The van der Waals surface area contributed by atoms with Gasteiger partial charge in [-0.1, -0.05) is 6.92 Å². The summed E-state index contributed by atoms with van der Waals surface area (Å²) < 4.78 is 12.1. The summed E-state index contributed by atoms with van der Waals surface area (Å²) in [5.74, 6) is 0.605. The third-order valence-electron chi connectivity index (χ3n) is 5.13. The Morgan fingerprint density at radius 1 is 1.19 bits per heavy atom. The van der Waals surface area contributed by atoms with E-state index in [1.165, 1.54) is 0 Å². The Labute approximate surface area is 159 Å². The van der Waals surface area contributed by atoms with Crippen molar-refractivity contribution in [2.24, 2.45) is 0 Å². The average Bonchev–Trinajstić information content (AvgIpc) is 2.70. The number of nitrogens with one attached hydrogen (secondary N) is 1. The van der Waals surface area contributed by atoms with Crippen LogP contribution >= 0.6 is 0 Å². The lowest BCUT2D eigenvalue weighted by Crippen LogP contribution is -2.54. The van der Waals surface area contributed by atoms with Crippen LogP contribution in [0.5, 0.6) is 5.75 Å². The van der Waals surface area contributed by atoms with Gasteiger partial charge in [0.25, 0.3) is 0 Å². The molecular weight excluding hydrogens is 342 g/mol. The SMILES string of the molecule is CCC(C)(Oc1ccc(C(=O)c2ccc(N)c(N)c2)cc1)C1CNCCO1. The number of rotatable bonds is 6. The first-order chi connectivity index (χ1) is 12.9. The summed E-state index contributed by atoms with van der Waals surface area (Å²) in [4.78, 5) is 12.6. The summed E-state index contributed by atoms with van der Waals surface area (Å²) in [5, 5.41) is 3.34. The molecule has 1 fully saturated rings. The summed E-state index contributed by atoms with van der Waals surface area (Å²) >= 11 is 0. The molecule has 0 aromatic heterocycles. The van der Waals surface area contributed by atoms with E-state index in [1.54, 1.807) is 30.3 Å². The van der Waals surface area contributed by atoms with Crippen molar-refractivity contribution >= 4 is 17.2 Å². The normalized spacial score (nSPS) is 19.3. The van der Waals surface area contributed by atoms with Gasteiger partial charge in [-0.3, -0.25) is 4.79 Å². The molecule has 2 aromatic rings. The predicted molar refractivity (Wildman–Crippen MR) is 107 cm³/mol. The standard InChI is InChI=1S/C21H27N3O3/c1-3-21(2,19-13-24-10-11-26-19)27-16-7-4-14(5-8-16)20(25)15-6-9-17(22)18(23)12-15/h4-9,12,19,24H,3,10-11,13,22-23H2,1-2H3. The third kappa shape index (κ3) is 4.23. The van der Waals surface area contributed by atoms with E-state index in [-0.39, 0.29) is 11.9 Å². The van der Waals surface area contributed by atoms with Gasteiger partial charge in [0.15, 0.2) is 5.78 Å². The maximum atomic E-state index is 12.6. The van der Waals surface area contributed by atoms with E-state index in [9.17, 15) is 4.79 Å². The van der Waals surface area contributed by atoms with Crippen LogP contribution < -0.4 is 21.5 Å². The average molecular weight is 369 g/mol. The van der Waals surface area contributed by atoms with E-state index in [1.807, 2.05) is 12.1 Å². The van der Waals surface area contributed by atoms with Crippen LogP contribution in [0.15, 0.2) is 42.5 Å². The van der Waals surface area contributed by atoms with Gasteiger partial charge >= 0.3 is 0 Å². The number of hydrogen-bond acceptors (Lipinski definition) is 6. The molecule has 1 saturated heterocycles. The zero-order valence-electron chi connectivity index (χ0n) is 15.8. The van der Waals surface area contributed by atoms with E-state index in [0.29, 0.717) is 34.9 Å². The largest absolute Gasteiger partial charge is 0.485 e.